The molecule has 0 rings (SSSR count). The lowest BCUT2D eigenvalue weighted by molar-refractivity contribution is 0.149. The van der Waals surface area contributed by atoms with Crippen LogP contribution < -0.4 is 5.32 Å². The van der Waals surface area contributed by atoms with Crippen molar-refractivity contribution >= 4 is 0 Å². The van der Waals surface area contributed by atoms with E-state index in [9.17, 15) is 0 Å². The van der Waals surface area contributed by atoms with Crippen LogP contribution >= 0.6 is 0 Å². The number of nitrogens with zero attached hydrogens (tertiary/aromatic N) is 1. The Balaban J connectivity index is 4.11. The van der Waals surface area contributed by atoms with Crippen LogP contribution in [0.25, 0.3) is 0 Å². The molecule has 0 saturated heterocycles. The third-order valence-corrected chi connectivity index (χ3v) is 3.52. The molecule has 0 bridgehead atoms. The molecule has 0 amide bonds. The molecule has 3 heteroatoms. The first kappa shape index (κ1) is 16.9. The molecule has 3 nitrogen and oxygen atoms in total. The summed E-state index contributed by atoms with van der Waals surface area (Å²) in [5, 5.41) is 12.4. The molecule has 0 aromatic rings. The van der Waals surface area contributed by atoms with Crippen molar-refractivity contribution in [3.8, 4) is 0 Å². The van der Waals surface area contributed by atoms with Gasteiger partial charge in [-0.25, -0.2) is 0 Å². The quantitative estimate of drug-likeness (QED) is 0.546. The second-order valence-corrected chi connectivity index (χ2v) is 5.29. The topological polar surface area (TPSA) is 35.5 Å². The predicted octanol–water partition coefficient (Wildman–Crippen LogP) is 2.11. The van der Waals surface area contributed by atoms with Gasteiger partial charge in [-0.05, 0) is 37.8 Å². The van der Waals surface area contributed by atoms with Crippen LogP contribution in [0.3, 0.4) is 0 Å². The van der Waals surface area contributed by atoms with E-state index in [4.69, 9.17) is 5.11 Å². The maximum absolute atomic E-state index is 8.90. The summed E-state index contributed by atoms with van der Waals surface area (Å²) < 4.78 is 0. The lowest BCUT2D eigenvalue weighted by Gasteiger charge is -2.34. The molecule has 0 aromatic heterocycles. The van der Waals surface area contributed by atoms with Gasteiger partial charge < -0.3 is 15.3 Å². The first-order valence-electron chi connectivity index (χ1n) is 7.15. The summed E-state index contributed by atoms with van der Waals surface area (Å²) in [7, 11) is 0. The van der Waals surface area contributed by atoms with Crippen LogP contribution in [0.2, 0.25) is 0 Å². The van der Waals surface area contributed by atoms with Gasteiger partial charge in [0.15, 0.2) is 0 Å². The van der Waals surface area contributed by atoms with E-state index in [0.717, 1.165) is 39.1 Å². The summed E-state index contributed by atoms with van der Waals surface area (Å²) in [5.41, 5.74) is 0.348. The molecule has 0 radical (unpaired) electrons. The average Bonchev–Trinajstić information content (AvgIpc) is 2.35. The lowest BCUT2D eigenvalue weighted by Crippen LogP contribution is -2.42. The van der Waals surface area contributed by atoms with Crippen LogP contribution in [-0.2, 0) is 0 Å². The zero-order valence-corrected chi connectivity index (χ0v) is 12.3. The van der Waals surface area contributed by atoms with Crippen LogP contribution in [0.15, 0.2) is 0 Å². The summed E-state index contributed by atoms with van der Waals surface area (Å²) in [4.78, 5) is 2.45. The fraction of sp³-hybridized carbons (Fsp3) is 1.00. The largest absolute Gasteiger partial charge is 0.396 e. The molecule has 0 aliphatic heterocycles. The van der Waals surface area contributed by atoms with Crippen LogP contribution in [0, 0.1) is 5.41 Å². The van der Waals surface area contributed by atoms with Crippen molar-refractivity contribution < 1.29 is 5.11 Å². The molecule has 0 aromatic carbocycles. The minimum atomic E-state index is 0.299. The van der Waals surface area contributed by atoms with Gasteiger partial charge in [0.2, 0.25) is 0 Å². The first-order valence-corrected chi connectivity index (χ1v) is 7.15. The van der Waals surface area contributed by atoms with Gasteiger partial charge in [-0.2, -0.15) is 0 Å². The molecule has 0 heterocycles. The number of hydrogen-bond acceptors (Lipinski definition) is 3. The molecular weight excluding hydrogens is 212 g/mol. The molecule has 0 fully saturated rings. The Bertz CT molecular complexity index is 176. The normalized spacial score (nSPS) is 15.2. The van der Waals surface area contributed by atoms with Gasteiger partial charge in [0, 0.05) is 26.2 Å². The smallest absolute Gasteiger partial charge is 0.0443 e. The minimum Gasteiger partial charge on any atom is -0.396 e. The number of nitrogens with one attached hydrogen (secondary N) is 1. The zero-order chi connectivity index (χ0) is 13.1. The molecule has 1 unspecified atom stereocenters. The summed E-state index contributed by atoms with van der Waals surface area (Å²) in [6.07, 6.45) is 3.27. The first-order chi connectivity index (χ1) is 8.11. The summed E-state index contributed by atoms with van der Waals surface area (Å²) in [6.45, 7) is 14.7. The van der Waals surface area contributed by atoms with Gasteiger partial charge in [-0.1, -0.05) is 27.7 Å². The maximum Gasteiger partial charge on any atom is 0.0443 e. The molecule has 0 saturated carbocycles. The molecule has 0 aliphatic rings. The number of aliphatic hydroxyl groups is 1. The van der Waals surface area contributed by atoms with Crippen LogP contribution in [0.5, 0.6) is 0 Å². The van der Waals surface area contributed by atoms with Crippen LogP contribution in [0.1, 0.15) is 47.0 Å². The van der Waals surface area contributed by atoms with Gasteiger partial charge in [-0.3, -0.25) is 0 Å². The number of rotatable bonds is 11. The van der Waals surface area contributed by atoms with E-state index >= 15 is 0 Å². The third kappa shape index (κ3) is 7.74. The summed E-state index contributed by atoms with van der Waals surface area (Å²) in [5.74, 6) is 0. The summed E-state index contributed by atoms with van der Waals surface area (Å²) >= 11 is 0. The van der Waals surface area contributed by atoms with Crippen molar-refractivity contribution in [2.75, 3.05) is 39.3 Å². The Morgan fingerprint density at radius 3 is 2.41 bits per heavy atom. The van der Waals surface area contributed by atoms with E-state index in [1.165, 1.54) is 12.8 Å². The molecule has 2 N–H and O–H groups in total. The van der Waals surface area contributed by atoms with Crippen LogP contribution in [-0.4, -0.2) is 49.3 Å². The van der Waals surface area contributed by atoms with Gasteiger partial charge in [0.1, 0.15) is 0 Å². The van der Waals surface area contributed by atoms with Gasteiger partial charge >= 0.3 is 0 Å². The maximum atomic E-state index is 8.90. The fourth-order valence-corrected chi connectivity index (χ4v) is 2.04. The van der Waals surface area contributed by atoms with E-state index < -0.39 is 0 Å². The fourth-order valence-electron chi connectivity index (χ4n) is 2.04. The molecule has 17 heavy (non-hydrogen) atoms. The van der Waals surface area contributed by atoms with Crippen LogP contribution in [0.4, 0.5) is 0 Å². The average molecular weight is 244 g/mol. The van der Waals surface area contributed by atoms with Crippen molar-refractivity contribution in [2.45, 2.75) is 47.0 Å². The Morgan fingerprint density at radius 2 is 1.94 bits per heavy atom. The number of hydrogen-bond donors (Lipinski definition) is 2. The monoisotopic (exact) mass is 244 g/mol. The lowest BCUT2D eigenvalue weighted by atomic mass is 9.86. The molecule has 104 valence electrons. The van der Waals surface area contributed by atoms with Crippen molar-refractivity contribution in [1.82, 2.24) is 10.2 Å². The highest BCUT2D eigenvalue weighted by Gasteiger charge is 2.24. The SMILES string of the molecule is CCCNCC(C)(CC)CN(CC)CCCO. The van der Waals surface area contributed by atoms with E-state index in [1.807, 2.05) is 0 Å². The van der Waals surface area contributed by atoms with Gasteiger partial charge in [0.05, 0.1) is 0 Å². The van der Waals surface area contributed by atoms with E-state index in [-0.39, 0.29) is 0 Å². The molecule has 0 aliphatic carbocycles. The van der Waals surface area contributed by atoms with Crippen molar-refractivity contribution in [2.24, 2.45) is 5.41 Å². The molecular formula is C14H32N2O. The van der Waals surface area contributed by atoms with Gasteiger partial charge in [-0.15, -0.1) is 0 Å². The second-order valence-electron chi connectivity index (χ2n) is 5.29. The molecule has 1 atom stereocenters. The molecule has 0 spiro atoms. The highest BCUT2D eigenvalue weighted by atomic mass is 16.3. The standard InChI is InChI=1S/C14H32N2O/c1-5-9-15-12-14(4,6-2)13-16(7-3)10-8-11-17/h15,17H,5-13H2,1-4H3. The van der Waals surface area contributed by atoms with Gasteiger partial charge in [0.25, 0.3) is 0 Å². The number of aliphatic hydroxyl groups excluding tert-OH is 1. The predicted molar refractivity (Wildman–Crippen MR) is 75.4 cm³/mol. The third-order valence-electron chi connectivity index (χ3n) is 3.52. The Labute approximate surface area is 108 Å². The van der Waals surface area contributed by atoms with Crippen molar-refractivity contribution in [1.29, 1.82) is 0 Å². The second kappa shape index (κ2) is 9.86. The van der Waals surface area contributed by atoms with E-state index in [1.54, 1.807) is 0 Å². The highest BCUT2D eigenvalue weighted by molar-refractivity contribution is 4.79. The van der Waals surface area contributed by atoms with Crippen molar-refractivity contribution in [3.63, 3.8) is 0 Å². The Hall–Kier alpha value is -0.120. The van der Waals surface area contributed by atoms with Crippen molar-refractivity contribution in [3.05, 3.63) is 0 Å². The summed E-state index contributed by atoms with van der Waals surface area (Å²) in [6, 6.07) is 0. The Morgan fingerprint density at radius 1 is 1.24 bits per heavy atom. The van der Waals surface area contributed by atoms with E-state index in [2.05, 4.69) is 37.9 Å². The van der Waals surface area contributed by atoms with E-state index in [0.29, 0.717) is 12.0 Å². The zero-order valence-electron chi connectivity index (χ0n) is 12.3. The Kier molecular flexibility index (Phi) is 9.79. The highest BCUT2D eigenvalue weighted by Crippen LogP contribution is 2.21. The minimum absolute atomic E-state index is 0.299.